The number of hydrogen-bond donors (Lipinski definition) is 0. The molecular formula is C19H22BrNO2S. The maximum absolute atomic E-state index is 13.3. The van der Waals surface area contributed by atoms with E-state index in [1.807, 2.05) is 50.2 Å². The van der Waals surface area contributed by atoms with Crippen molar-refractivity contribution in [2.75, 3.05) is 5.33 Å². The molecule has 1 heterocycles. The second-order valence-electron chi connectivity index (χ2n) is 6.46. The molecule has 0 bridgehead atoms. The number of halogens is 1. The Labute approximate surface area is 152 Å². The van der Waals surface area contributed by atoms with Crippen LogP contribution in [0.4, 0.5) is 0 Å². The molecule has 0 saturated carbocycles. The first-order valence-corrected chi connectivity index (χ1v) is 10.7. The lowest BCUT2D eigenvalue weighted by molar-refractivity contribution is 0.344. The number of alkyl halides is 1. The van der Waals surface area contributed by atoms with E-state index in [0.717, 1.165) is 24.0 Å². The molecule has 0 spiro atoms. The summed E-state index contributed by atoms with van der Waals surface area (Å²) in [4.78, 5) is 0.373. The summed E-state index contributed by atoms with van der Waals surface area (Å²) in [5, 5.41) is 0.653. The Morgan fingerprint density at radius 3 is 2.04 bits per heavy atom. The van der Waals surface area contributed by atoms with Crippen LogP contribution in [-0.4, -0.2) is 24.1 Å². The third kappa shape index (κ3) is 3.30. The van der Waals surface area contributed by atoms with Gasteiger partial charge in [0.2, 0.25) is 10.0 Å². The summed E-state index contributed by atoms with van der Waals surface area (Å²) in [6, 6.07) is 15.2. The lowest BCUT2D eigenvalue weighted by Gasteiger charge is -2.29. The standard InChI is InChI=1S/C19H22BrNO2S/c1-14-3-7-16(8-4-14)19-12-9-17(13-20)21(19)24(22,23)18-10-5-15(2)6-11-18/h3-8,10-11,17,19H,9,12-13H2,1-2H3/t17-,19-/m1/s1. The lowest BCUT2D eigenvalue weighted by Crippen LogP contribution is -2.38. The van der Waals surface area contributed by atoms with Crippen LogP contribution in [0.5, 0.6) is 0 Å². The van der Waals surface area contributed by atoms with Gasteiger partial charge in [-0.1, -0.05) is 63.5 Å². The molecule has 2 aromatic carbocycles. The first kappa shape index (κ1) is 17.6. The molecule has 1 aliphatic rings. The van der Waals surface area contributed by atoms with Crippen molar-refractivity contribution in [3.05, 3.63) is 65.2 Å². The van der Waals surface area contributed by atoms with E-state index in [-0.39, 0.29) is 12.1 Å². The normalized spacial score (nSPS) is 22.0. The number of benzene rings is 2. The highest BCUT2D eigenvalue weighted by Crippen LogP contribution is 2.41. The summed E-state index contributed by atoms with van der Waals surface area (Å²) in [6.07, 6.45) is 1.72. The monoisotopic (exact) mass is 407 g/mol. The second-order valence-corrected chi connectivity index (χ2v) is 8.95. The minimum atomic E-state index is -3.52. The predicted molar refractivity (Wildman–Crippen MR) is 101 cm³/mol. The third-order valence-corrected chi connectivity index (χ3v) is 7.40. The molecular weight excluding hydrogens is 386 g/mol. The van der Waals surface area contributed by atoms with Crippen LogP contribution >= 0.6 is 15.9 Å². The van der Waals surface area contributed by atoms with Crippen molar-refractivity contribution >= 4 is 26.0 Å². The fourth-order valence-electron chi connectivity index (χ4n) is 3.30. The van der Waals surface area contributed by atoms with Gasteiger partial charge in [-0.2, -0.15) is 4.31 Å². The minimum absolute atomic E-state index is 0.0115. The molecule has 0 radical (unpaired) electrons. The van der Waals surface area contributed by atoms with Gasteiger partial charge < -0.3 is 0 Å². The number of aryl methyl sites for hydroxylation is 2. The Morgan fingerprint density at radius 1 is 0.958 bits per heavy atom. The van der Waals surface area contributed by atoms with E-state index in [1.54, 1.807) is 16.4 Å². The van der Waals surface area contributed by atoms with Gasteiger partial charge in [-0.15, -0.1) is 0 Å². The van der Waals surface area contributed by atoms with Crippen LogP contribution < -0.4 is 0 Å². The van der Waals surface area contributed by atoms with Crippen LogP contribution in [0.3, 0.4) is 0 Å². The number of hydrogen-bond acceptors (Lipinski definition) is 2. The van der Waals surface area contributed by atoms with Gasteiger partial charge in [-0.25, -0.2) is 8.42 Å². The Hall–Kier alpha value is -1.17. The topological polar surface area (TPSA) is 37.4 Å². The zero-order chi connectivity index (χ0) is 17.3. The summed E-state index contributed by atoms with van der Waals surface area (Å²) < 4.78 is 28.2. The summed E-state index contributed by atoms with van der Waals surface area (Å²) in [5.74, 6) is 0. The average Bonchev–Trinajstić information content (AvgIpc) is 3.01. The number of rotatable bonds is 4. The molecule has 3 rings (SSSR count). The molecule has 0 aromatic heterocycles. The van der Waals surface area contributed by atoms with Crippen molar-refractivity contribution in [3.63, 3.8) is 0 Å². The summed E-state index contributed by atoms with van der Waals surface area (Å²) in [5.41, 5.74) is 3.31. The predicted octanol–water partition coefficient (Wildman–Crippen LogP) is 4.59. The van der Waals surface area contributed by atoms with E-state index in [0.29, 0.717) is 10.2 Å². The van der Waals surface area contributed by atoms with Gasteiger partial charge in [0.05, 0.1) is 10.9 Å². The maximum atomic E-state index is 13.3. The van der Waals surface area contributed by atoms with E-state index in [9.17, 15) is 8.42 Å². The van der Waals surface area contributed by atoms with Crippen LogP contribution in [0.1, 0.15) is 35.6 Å². The van der Waals surface area contributed by atoms with Gasteiger partial charge in [0.15, 0.2) is 0 Å². The molecule has 3 nitrogen and oxygen atoms in total. The van der Waals surface area contributed by atoms with Crippen molar-refractivity contribution in [2.45, 2.75) is 43.7 Å². The lowest BCUT2D eigenvalue weighted by atomic mass is 10.0. The van der Waals surface area contributed by atoms with Gasteiger partial charge in [-0.05, 0) is 44.4 Å². The highest BCUT2D eigenvalue weighted by atomic mass is 79.9. The smallest absolute Gasteiger partial charge is 0.207 e. The fourth-order valence-corrected chi connectivity index (χ4v) is 5.99. The molecule has 0 amide bonds. The SMILES string of the molecule is Cc1ccc([C@H]2CC[C@H](CBr)N2S(=O)(=O)c2ccc(C)cc2)cc1. The fraction of sp³-hybridized carbons (Fsp3) is 0.368. The summed E-state index contributed by atoms with van der Waals surface area (Å²) in [6.45, 7) is 4.00. The summed E-state index contributed by atoms with van der Waals surface area (Å²) in [7, 11) is -3.52. The van der Waals surface area contributed by atoms with Gasteiger partial charge in [-0.3, -0.25) is 0 Å². The van der Waals surface area contributed by atoms with Crippen molar-refractivity contribution < 1.29 is 8.42 Å². The molecule has 0 unspecified atom stereocenters. The average molecular weight is 408 g/mol. The highest BCUT2D eigenvalue weighted by Gasteiger charge is 2.42. The van der Waals surface area contributed by atoms with Crippen LogP contribution in [0.2, 0.25) is 0 Å². The summed E-state index contributed by atoms with van der Waals surface area (Å²) >= 11 is 3.50. The molecule has 1 aliphatic heterocycles. The molecule has 0 N–H and O–H groups in total. The van der Waals surface area contributed by atoms with E-state index >= 15 is 0 Å². The molecule has 2 aromatic rings. The van der Waals surface area contributed by atoms with E-state index in [4.69, 9.17) is 0 Å². The first-order valence-electron chi connectivity index (χ1n) is 8.16. The van der Waals surface area contributed by atoms with Crippen molar-refractivity contribution in [1.29, 1.82) is 0 Å². The highest BCUT2D eigenvalue weighted by molar-refractivity contribution is 9.09. The molecule has 2 atom stereocenters. The van der Waals surface area contributed by atoms with Gasteiger partial charge >= 0.3 is 0 Å². The van der Waals surface area contributed by atoms with Crippen molar-refractivity contribution in [1.82, 2.24) is 4.31 Å². The zero-order valence-corrected chi connectivity index (χ0v) is 16.3. The molecule has 1 saturated heterocycles. The molecule has 1 fully saturated rings. The van der Waals surface area contributed by atoms with Gasteiger partial charge in [0, 0.05) is 11.4 Å². The Bertz CT molecular complexity index is 800. The van der Waals surface area contributed by atoms with E-state index < -0.39 is 10.0 Å². The minimum Gasteiger partial charge on any atom is -0.207 e. The van der Waals surface area contributed by atoms with Crippen molar-refractivity contribution in [3.8, 4) is 0 Å². The van der Waals surface area contributed by atoms with Gasteiger partial charge in [0.1, 0.15) is 0 Å². The third-order valence-electron chi connectivity index (χ3n) is 4.68. The molecule has 0 aliphatic carbocycles. The maximum Gasteiger partial charge on any atom is 0.243 e. The van der Waals surface area contributed by atoms with Gasteiger partial charge in [0.25, 0.3) is 0 Å². The van der Waals surface area contributed by atoms with E-state index in [2.05, 4.69) is 15.9 Å². The molecule has 128 valence electrons. The quantitative estimate of drug-likeness (QED) is 0.694. The largest absolute Gasteiger partial charge is 0.243 e. The van der Waals surface area contributed by atoms with Crippen LogP contribution in [0.25, 0.3) is 0 Å². The Balaban J connectivity index is 2.02. The number of sulfonamides is 1. The second kappa shape index (κ2) is 6.98. The van der Waals surface area contributed by atoms with Crippen LogP contribution in [0, 0.1) is 13.8 Å². The van der Waals surface area contributed by atoms with Crippen LogP contribution in [-0.2, 0) is 10.0 Å². The first-order chi connectivity index (χ1) is 11.4. The zero-order valence-electron chi connectivity index (χ0n) is 13.9. The Kier molecular flexibility index (Phi) is 5.13. The van der Waals surface area contributed by atoms with Crippen molar-refractivity contribution in [2.24, 2.45) is 0 Å². The molecule has 5 heteroatoms. The number of nitrogens with zero attached hydrogens (tertiary/aromatic N) is 1. The Morgan fingerprint density at radius 2 is 1.50 bits per heavy atom. The molecule has 24 heavy (non-hydrogen) atoms. The van der Waals surface area contributed by atoms with Crippen LogP contribution in [0.15, 0.2) is 53.4 Å². The van der Waals surface area contributed by atoms with E-state index in [1.165, 1.54) is 5.56 Å².